The van der Waals surface area contributed by atoms with Crippen LogP contribution >= 0.6 is 11.3 Å². The lowest BCUT2D eigenvalue weighted by Crippen LogP contribution is -2.18. The van der Waals surface area contributed by atoms with Crippen molar-refractivity contribution >= 4 is 32.5 Å². The third kappa shape index (κ3) is 4.58. The second-order valence-electron chi connectivity index (χ2n) is 7.79. The Morgan fingerprint density at radius 1 is 0.938 bits per heavy atom. The molecule has 4 aromatic rings. The van der Waals surface area contributed by atoms with E-state index < -0.39 is 11.9 Å². The van der Waals surface area contributed by atoms with Crippen LogP contribution in [0.1, 0.15) is 24.1 Å². The van der Waals surface area contributed by atoms with Crippen LogP contribution in [0.2, 0.25) is 0 Å². The fourth-order valence-corrected chi connectivity index (χ4v) is 4.78. The lowest BCUT2D eigenvalue weighted by atomic mass is 10.1. The number of pyridine rings is 2. The van der Waals surface area contributed by atoms with Gasteiger partial charge in [-0.15, -0.1) is 0 Å². The van der Waals surface area contributed by atoms with Crippen LogP contribution < -0.4 is 5.32 Å². The number of hydrogen-bond donors (Lipinski definition) is 1. The number of benzene rings is 1. The topological polar surface area (TPSA) is 53.9 Å². The van der Waals surface area contributed by atoms with E-state index >= 15 is 0 Å². The average Bonchev–Trinajstić information content (AvgIpc) is 3.42. The predicted molar refractivity (Wildman–Crippen MR) is 120 cm³/mol. The Kier molecular flexibility index (Phi) is 5.52. The number of aromatic nitrogens is 3. The van der Waals surface area contributed by atoms with E-state index in [1.165, 1.54) is 35.9 Å². The van der Waals surface area contributed by atoms with Crippen LogP contribution in [0.4, 0.5) is 24.1 Å². The number of anilines is 2. The molecule has 3 aromatic heterocycles. The fraction of sp³-hybridized carbons (Fsp3) is 0.261. The van der Waals surface area contributed by atoms with Crippen molar-refractivity contribution in [1.82, 2.24) is 19.9 Å². The number of halogens is 3. The smallest absolute Gasteiger partial charge is 0.316 e. The average molecular weight is 456 g/mol. The van der Waals surface area contributed by atoms with Crippen LogP contribution in [0.3, 0.4) is 0 Å². The first-order valence-electron chi connectivity index (χ1n) is 10.3. The summed E-state index contributed by atoms with van der Waals surface area (Å²) in [6, 6.07) is 12.1. The second-order valence-corrected chi connectivity index (χ2v) is 8.82. The molecule has 5 rings (SSSR count). The Hall–Kier alpha value is -3.04. The van der Waals surface area contributed by atoms with Gasteiger partial charge in [0.25, 0.3) is 0 Å². The number of likely N-dealkylation sites (tertiary alicyclic amines) is 1. The largest absolute Gasteiger partial charge is 0.433 e. The quantitative estimate of drug-likeness (QED) is 0.393. The summed E-state index contributed by atoms with van der Waals surface area (Å²) >= 11 is 1.44. The summed E-state index contributed by atoms with van der Waals surface area (Å²) in [7, 11) is 0. The van der Waals surface area contributed by atoms with Gasteiger partial charge < -0.3 is 5.32 Å². The minimum Gasteiger partial charge on any atom is -0.316 e. The summed E-state index contributed by atoms with van der Waals surface area (Å²) in [5.74, 6) is 0.727. The van der Waals surface area contributed by atoms with Gasteiger partial charge in [-0.3, -0.25) is 9.88 Å². The summed E-state index contributed by atoms with van der Waals surface area (Å²) in [6.45, 7) is 3.17. The number of nitrogens with zero attached hydrogens (tertiary/aromatic N) is 4. The molecule has 9 heteroatoms. The molecule has 0 atom stereocenters. The zero-order valence-corrected chi connectivity index (χ0v) is 17.9. The van der Waals surface area contributed by atoms with Gasteiger partial charge in [-0.2, -0.15) is 13.2 Å². The summed E-state index contributed by atoms with van der Waals surface area (Å²) in [5.41, 5.74) is 2.23. The Morgan fingerprint density at radius 3 is 2.53 bits per heavy atom. The summed E-state index contributed by atoms with van der Waals surface area (Å²) < 4.78 is 39.9. The van der Waals surface area contributed by atoms with Gasteiger partial charge in [0.05, 0.1) is 10.2 Å². The van der Waals surface area contributed by atoms with E-state index in [1.54, 1.807) is 18.3 Å². The van der Waals surface area contributed by atoms with Gasteiger partial charge in [0.1, 0.15) is 11.5 Å². The van der Waals surface area contributed by atoms with E-state index in [0.717, 1.165) is 41.7 Å². The number of alkyl halides is 3. The second kappa shape index (κ2) is 8.48. The Morgan fingerprint density at radius 2 is 1.72 bits per heavy atom. The molecule has 0 amide bonds. The lowest BCUT2D eigenvalue weighted by molar-refractivity contribution is -0.141. The van der Waals surface area contributed by atoms with Gasteiger partial charge in [0.2, 0.25) is 0 Å². The minimum atomic E-state index is -4.47. The van der Waals surface area contributed by atoms with Crippen LogP contribution in [-0.4, -0.2) is 32.9 Å². The molecule has 1 aliphatic rings. The zero-order valence-electron chi connectivity index (χ0n) is 17.1. The van der Waals surface area contributed by atoms with Crippen LogP contribution in [-0.2, 0) is 12.7 Å². The molecule has 0 spiro atoms. The fourth-order valence-electron chi connectivity index (χ4n) is 3.87. The van der Waals surface area contributed by atoms with Gasteiger partial charge >= 0.3 is 6.18 Å². The van der Waals surface area contributed by atoms with Gasteiger partial charge in [0, 0.05) is 18.9 Å². The SMILES string of the molecule is FC(F)(F)c1cc(-c2ccc3nc(Nc4cc(CN5CCCC5)ccn4)sc3c2)ccn1. The normalized spacial score (nSPS) is 14.8. The molecule has 0 bridgehead atoms. The summed E-state index contributed by atoms with van der Waals surface area (Å²) in [5, 5.41) is 3.95. The molecular formula is C23H20F3N5S. The molecule has 1 aliphatic heterocycles. The molecule has 4 heterocycles. The molecular weight excluding hydrogens is 435 g/mol. The molecule has 0 saturated carbocycles. The van der Waals surface area contributed by atoms with Crippen molar-refractivity contribution in [3.8, 4) is 11.1 Å². The Bertz CT molecular complexity index is 1250. The molecule has 5 nitrogen and oxygen atoms in total. The van der Waals surface area contributed by atoms with E-state index in [-0.39, 0.29) is 0 Å². The molecule has 1 N–H and O–H groups in total. The molecule has 32 heavy (non-hydrogen) atoms. The summed E-state index contributed by atoms with van der Waals surface area (Å²) in [4.78, 5) is 14.9. The number of rotatable bonds is 5. The van der Waals surface area contributed by atoms with Gasteiger partial charge in [-0.1, -0.05) is 17.4 Å². The van der Waals surface area contributed by atoms with Crippen molar-refractivity contribution < 1.29 is 13.2 Å². The number of nitrogens with one attached hydrogen (secondary N) is 1. The zero-order chi connectivity index (χ0) is 22.1. The van der Waals surface area contributed by atoms with Crippen LogP contribution in [0.25, 0.3) is 21.3 Å². The van der Waals surface area contributed by atoms with E-state index in [2.05, 4.69) is 25.2 Å². The highest BCUT2D eigenvalue weighted by molar-refractivity contribution is 7.22. The van der Waals surface area contributed by atoms with Gasteiger partial charge in [0.15, 0.2) is 5.13 Å². The van der Waals surface area contributed by atoms with Crippen molar-refractivity contribution in [2.75, 3.05) is 18.4 Å². The van der Waals surface area contributed by atoms with Gasteiger partial charge in [-0.05, 0) is 79.0 Å². The Labute approximate surface area is 187 Å². The number of thiazole rings is 1. The van der Waals surface area contributed by atoms with Crippen molar-refractivity contribution in [2.45, 2.75) is 25.6 Å². The van der Waals surface area contributed by atoms with Crippen molar-refractivity contribution in [2.24, 2.45) is 0 Å². The van der Waals surface area contributed by atoms with E-state index in [9.17, 15) is 13.2 Å². The third-order valence-electron chi connectivity index (χ3n) is 5.44. The van der Waals surface area contributed by atoms with Gasteiger partial charge in [-0.25, -0.2) is 9.97 Å². The Balaban J connectivity index is 1.37. The molecule has 164 valence electrons. The van der Waals surface area contributed by atoms with E-state index in [1.807, 2.05) is 24.3 Å². The molecule has 1 aromatic carbocycles. The number of fused-ring (bicyclic) bond motifs is 1. The maximum Gasteiger partial charge on any atom is 0.433 e. The van der Waals surface area contributed by atoms with Crippen molar-refractivity contribution in [3.05, 3.63) is 66.1 Å². The van der Waals surface area contributed by atoms with E-state index in [4.69, 9.17) is 0 Å². The first-order valence-corrected chi connectivity index (χ1v) is 11.1. The highest BCUT2D eigenvalue weighted by Gasteiger charge is 2.32. The molecule has 0 aliphatic carbocycles. The highest BCUT2D eigenvalue weighted by Crippen LogP contribution is 2.34. The lowest BCUT2D eigenvalue weighted by Gasteiger charge is -2.14. The maximum atomic E-state index is 13.0. The minimum absolute atomic E-state index is 0.466. The third-order valence-corrected chi connectivity index (χ3v) is 6.37. The first kappa shape index (κ1) is 20.8. The van der Waals surface area contributed by atoms with Crippen molar-refractivity contribution in [3.63, 3.8) is 0 Å². The monoisotopic (exact) mass is 455 g/mol. The molecule has 1 saturated heterocycles. The van der Waals surface area contributed by atoms with Crippen LogP contribution in [0.5, 0.6) is 0 Å². The van der Waals surface area contributed by atoms with Crippen LogP contribution in [0, 0.1) is 0 Å². The van der Waals surface area contributed by atoms with Crippen molar-refractivity contribution in [1.29, 1.82) is 0 Å². The number of hydrogen-bond acceptors (Lipinski definition) is 6. The predicted octanol–water partition coefficient (Wildman–Crippen LogP) is 6.11. The van der Waals surface area contributed by atoms with E-state index in [0.29, 0.717) is 16.3 Å². The first-order chi connectivity index (χ1) is 15.4. The molecule has 1 fully saturated rings. The standard InChI is InChI=1S/C23H20F3N5S/c24-23(25,26)20-13-17(6-8-27-20)16-3-4-18-19(12-16)32-22(29-18)30-21-11-15(5-7-28-21)14-31-9-1-2-10-31/h3-8,11-13H,1-2,9-10,14H2,(H,28,29,30). The molecule has 0 radical (unpaired) electrons. The maximum absolute atomic E-state index is 13.0. The van der Waals surface area contributed by atoms with Crippen LogP contribution in [0.15, 0.2) is 54.9 Å². The highest BCUT2D eigenvalue weighted by atomic mass is 32.1. The molecule has 0 unspecified atom stereocenters. The summed E-state index contributed by atoms with van der Waals surface area (Å²) in [6.07, 6.45) is 1.00.